The van der Waals surface area contributed by atoms with E-state index in [0.717, 1.165) is 35.3 Å². The average Bonchev–Trinajstić information content (AvgIpc) is 2.90. The lowest BCUT2D eigenvalue weighted by molar-refractivity contribution is 0.133. The molecule has 3 heterocycles. The zero-order chi connectivity index (χ0) is 13.9. The van der Waals surface area contributed by atoms with Crippen LogP contribution in [0.4, 0.5) is 5.13 Å². The predicted octanol–water partition coefficient (Wildman–Crippen LogP) is 1.46. The molecule has 0 amide bonds. The molecule has 0 bridgehead atoms. The number of methoxy groups -OCH3 is 1. The fraction of sp³-hybridized carbons (Fsp3) is 0.786. The number of nitrogens with zero attached hydrogens (tertiary/aromatic N) is 3. The van der Waals surface area contributed by atoms with E-state index in [4.69, 9.17) is 4.74 Å². The molecule has 0 saturated carbocycles. The van der Waals surface area contributed by atoms with E-state index in [0.29, 0.717) is 12.6 Å². The highest BCUT2D eigenvalue weighted by Crippen LogP contribution is 2.30. The largest absolute Gasteiger partial charge is 0.391 e. The lowest BCUT2D eigenvalue weighted by atomic mass is 10.00. The van der Waals surface area contributed by atoms with Crippen molar-refractivity contribution in [1.29, 1.82) is 0 Å². The summed E-state index contributed by atoms with van der Waals surface area (Å²) in [6, 6.07) is 0.685. The lowest BCUT2D eigenvalue weighted by Crippen LogP contribution is -2.54. The van der Waals surface area contributed by atoms with Gasteiger partial charge in [0, 0.05) is 32.8 Å². The Morgan fingerprint density at radius 2 is 2.25 bits per heavy atom. The van der Waals surface area contributed by atoms with E-state index in [9.17, 15) is 5.11 Å². The standard InChI is InChI=1S/C14H23N3O2S/c1-19-10-12-13(9-18)20-14(15-12)17-7-6-16-5-3-2-4-11(16)8-17/h11,18H,2-10H2,1H3. The summed E-state index contributed by atoms with van der Waals surface area (Å²) in [6.45, 7) is 5.05. The van der Waals surface area contributed by atoms with E-state index in [-0.39, 0.29) is 6.61 Å². The van der Waals surface area contributed by atoms with E-state index in [2.05, 4.69) is 14.8 Å². The summed E-state index contributed by atoms with van der Waals surface area (Å²) in [5.74, 6) is 0. The second-order valence-corrected chi connectivity index (χ2v) is 6.65. The highest BCUT2D eigenvalue weighted by atomic mass is 32.1. The first-order valence-corrected chi connectivity index (χ1v) is 8.21. The molecule has 1 N–H and O–H groups in total. The van der Waals surface area contributed by atoms with Crippen LogP contribution in [0.5, 0.6) is 0 Å². The first-order chi connectivity index (χ1) is 9.81. The number of piperazine rings is 1. The van der Waals surface area contributed by atoms with Crippen molar-refractivity contribution in [3.8, 4) is 0 Å². The highest BCUT2D eigenvalue weighted by Gasteiger charge is 2.30. The van der Waals surface area contributed by atoms with Crippen LogP contribution >= 0.6 is 11.3 Å². The molecule has 1 atom stereocenters. The number of hydrogen-bond donors (Lipinski definition) is 1. The van der Waals surface area contributed by atoms with Gasteiger partial charge in [0.25, 0.3) is 0 Å². The van der Waals surface area contributed by atoms with Crippen LogP contribution in [-0.2, 0) is 18.0 Å². The van der Waals surface area contributed by atoms with Crippen molar-refractivity contribution in [1.82, 2.24) is 9.88 Å². The van der Waals surface area contributed by atoms with Crippen LogP contribution in [0.15, 0.2) is 0 Å². The molecule has 1 aromatic rings. The van der Waals surface area contributed by atoms with Gasteiger partial charge < -0.3 is 14.7 Å². The third-order valence-electron chi connectivity index (χ3n) is 4.30. The third kappa shape index (κ3) is 2.83. The molecule has 2 fully saturated rings. The Balaban J connectivity index is 1.72. The van der Waals surface area contributed by atoms with Gasteiger partial charge in [-0.2, -0.15) is 0 Å². The minimum absolute atomic E-state index is 0.0553. The highest BCUT2D eigenvalue weighted by molar-refractivity contribution is 7.15. The Kier molecular flexibility index (Phi) is 4.55. The Labute approximate surface area is 124 Å². The second-order valence-electron chi connectivity index (χ2n) is 5.59. The van der Waals surface area contributed by atoms with E-state index in [1.54, 1.807) is 18.4 Å². The number of anilines is 1. The maximum atomic E-state index is 9.43. The Morgan fingerprint density at radius 1 is 1.35 bits per heavy atom. The van der Waals surface area contributed by atoms with Crippen molar-refractivity contribution in [2.45, 2.75) is 38.5 Å². The summed E-state index contributed by atoms with van der Waals surface area (Å²) in [5, 5.41) is 10.5. The smallest absolute Gasteiger partial charge is 0.186 e. The molecule has 1 unspecified atom stereocenters. The molecule has 0 aliphatic carbocycles. The van der Waals surface area contributed by atoms with Crippen LogP contribution in [0.3, 0.4) is 0 Å². The molecule has 2 aliphatic heterocycles. The van der Waals surface area contributed by atoms with Crippen molar-refractivity contribution >= 4 is 16.5 Å². The molecule has 0 radical (unpaired) electrons. The van der Waals surface area contributed by atoms with Crippen molar-refractivity contribution in [3.05, 3.63) is 10.6 Å². The fourth-order valence-corrected chi connectivity index (χ4v) is 4.17. The van der Waals surface area contributed by atoms with Gasteiger partial charge in [0.15, 0.2) is 5.13 Å². The minimum Gasteiger partial charge on any atom is -0.391 e. The third-order valence-corrected chi connectivity index (χ3v) is 5.44. The number of rotatable bonds is 4. The molecule has 0 spiro atoms. The Hall–Kier alpha value is -0.690. The molecular formula is C14H23N3O2S. The van der Waals surface area contributed by atoms with Gasteiger partial charge in [0.2, 0.25) is 0 Å². The Morgan fingerprint density at radius 3 is 3.05 bits per heavy atom. The van der Waals surface area contributed by atoms with E-state index in [1.807, 2.05) is 0 Å². The normalized spacial score (nSPS) is 23.9. The number of piperidine rings is 1. The van der Waals surface area contributed by atoms with Gasteiger partial charge in [-0.05, 0) is 19.4 Å². The lowest BCUT2D eigenvalue weighted by Gasteiger charge is -2.44. The topological polar surface area (TPSA) is 48.8 Å². The van der Waals surface area contributed by atoms with Crippen LogP contribution in [0.1, 0.15) is 29.8 Å². The summed E-state index contributed by atoms with van der Waals surface area (Å²) in [4.78, 5) is 10.6. The predicted molar refractivity (Wildman–Crippen MR) is 80.2 cm³/mol. The molecule has 2 aliphatic rings. The van der Waals surface area contributed by atoms with Crippen LogP contribution in [0.2, 0.25) is 0 Å². The van der Waals surface area contributed by atoms with Crippen LogP contribution in [0, 0.1) is 0 Å². The fourth-order valence-electron chi connectivity index (χ4n) is 3.21. The van der Waals surface area contributed by atoms with E-state index >= 15 is 0 Å². The summed E-state index contributed by atoms with van der Waals surface area (Å²) in [7, 11) is 1.67. The number of aromatic nitrogens is 1. The van der Waals surface area contributed by atoms with Gasteiger partial charge in [0.1, 0.15) is 0 Å². The summed E-state index contributed by atoms with van der Waals surface area (Å²) < 4.78 is 5.16. The first kappa shape index (κ1) is 14.3. The average molecular weight is 297 g/mol. The SMILES string of the molecule is COCc1nc(N2CCN3CCCCC3C2)sc1CO. The van der Waals surface area contributed by atoms with E-state index < -0.39 is 0 Å². The minimum atomic E-state index is 0.0553. The maximum Gasteiger partial charge on any atom is 0.186 e. The monoisotopic (exact) mass is 297 g/mol. The van der Waals surface area contributed by atoms with Gasteiger partial charge in [0.05, 0.1) is 23.8 Å². The molecule has 2 saturated heterocycles. The summed E-state index contributed by atoms with van der Waals surface area (Å²) in [5.41, 5.74) is 0.890. The van der Waals surface area contributed by atoms with Crippen LogP contribution in [-0.4, -0.2) is 54.3 Å². The van der Waals surface area contributed by atoms with Gasteiger partial charge in [-0.1, -0.05) is 17.8 Å². The van der Waals surface area contributed by atoms with Gasteiger partial charge >= 0.3 is 0 Å². The summed E-state index contributed by atoms with van der Waals surface area (Å²) in [6.07, 6.45) is 4.00. The number of fused-ring (bicyclic) bond motifs is 1. The first-order valence-electron chi connectivity index (χ1n) is 7.39. The van der Waals surface area contributed by atoms with Gasteiger partial charge in [-0.3, -0.25) is 4.90 Å². The maximum absolute atomic E-state index is 9.43. The quantitative estimate of drug-likeness (QED) is 0.912. The van der Waals surface area contributed by atoms with Crippen LogP contribution in [0.25, 0.3) is 0 Å². The van der Waals surface area contributed by atoms with E-state index in [1.165, 1.54) is 25.8 Å². The van der Waals surface area contributed by atoms with Gasteiger partial charge in [-0.15, -0.1) is 0 Å². The number of aliphatic hydroxyl groups is 1. The van der Waals surface area contributed by atoms with Crippen molar-refractivity contribution in [2.24, 2.45) is 0 Å². The molecule has 6 heteroatoms. The number of hydrogen-bond acceptors (Lipinski definition) is 6. The molecule has 3 rings (SSSR count). The molecule has 1 aromatic heterocycles. The van der Waals surface area contributed by atoms with Crippen molar-refractivity contribution in [3.63, 3.8) is 0 Å². The molecular weight excluding hydrogens is 274 g/mol. The van der Waals surface area contributed by atoms with Crippen molar-refractivity contribution < 1.29 is 9.84 Å². The van der Waals surface area contributed by atoms with Crippen LogP contribution < -0.4 is 4.90 Å². The second kappa shape index (κ2) is 6.39. The number of aliphatic hydroxyl groups excluding tert-OH is 1. The number of ether oxygens (including phenoxy) is 1. The Bertz CT molecular complexity index is 452. The molecule has 5 nitrogen and oxygen atoms in total. The zero-order valence-electron chi connectivity index (χ0n) is 12.0. The van der Waals surface area contributed by atoms with Gasteiger partial charge in [-0.25, -0.2) is 4.98 Å². The number of thiazole rings is 1. The van der Waals surface area contributed by atoms with Crippen molar-refractivity contribution in [2.75, 3.05) is 38.2 Å². The molecule has 20 heavy (non-hydrogen) atoms. The zero-order valence-corrected chi connectivity index (χ0v) is 12.9. The summed E-state index contributed by atoms with van der Waals surface area (Å²) >= 11 is 1.61. The molecule has 0 aromatic carbocycles. The molecule has 112 valence electrons.